The molecule has 1 aromatic heterocycles. The van der Waals surface area contributed by atoms with E-state index in [1.807, 2.05) is 6.92 Å². The van der Waals surface area contributed by atoms with E-state index < -0.39 is 0 Å². The summed E-state index contributed by atoms with van der Waals surface area (Å²) in [5.41, 5.74) is 6.27. The molecule has 0 radical (unpaired) electrons. The van der Waals surface area contributed by atoms with Gasteiger partial charge in [0.05, 0.1) is 0 Å². The highest BCUT2D eigenvalue weighted by Crippen LogP contribution is 2.14. The molecule has 0 bridgehead atoms. The van der Waals surface area contributed by atoms with Crippen LogP contribution in [0.15, 0.2) is 28.8 Å². The van der Waals surface area contributed by atoms with Gasteiger partial charge in [-0.1, -0.05) is 12.1 Å². The first-order valence-electron chi connectivity index (χ1n) is 5.07. The van der Waals surface area contributed by atoms with Gasteiger partial charge >= 0.3 is 0 Å². The maximum absolute atomic E-state index is 5.56. The van der Waals surface area contributed by atoms with Crippen LogP contribution in [0.3, 0.4) is 0 Å². The van der Waals surface area contributed by atoms with E-state index in [-0.39, 0.29) is 6.61 Å². The van der Waals surface area contributed by atoms with Gasteiger partial charge in [-0.2, -0.15) is 4.98 Å². The molecule has 0 saturated heterocycles. The summed E-state index contributed by atoms with van der Waals surface area (Å²) in [6.45, 7) is 2.24. The van der Waals surface area contributed by atoms with Crippen molar-refractivity contribution in [2.75, 3.05) is 5.73 Å². The highest BCUT2D eigenvalue weighted by Gasteiger charge is 2.04. The van der Waals surface area contributed by atoms with Crippen LogP contribution in [-0.2, 0) is 13.0 Å². The molecule has 0 aliphatic carbocycles. The molecule has 2 N–H and O–H groups in total. The zero-order chi connectivity index (χ0) is 11.4. The first-order chi connectivity index (χ1) is 7.78. The van der Waals surface area contributed by atoms with E-state index in [1.165, 1.54) is 0 Å². The number of nitrogens with two attached hydrogens (primary N) is 1. The number of nitrogen functional groups attached to an aromatic ring is 1. The third-order valence-corrected chi connectivity index (χ3v) is 2.07. The summed E-state index contributed by atoms with van der Waals surface area (Å²) in [7, 11) is 0. The van der Waals surface area contributed by atoms with Crippen molar-refractivity contribution >= 4 is 5.69 Å². The summed E-state index contributed by atoms with van der Waals surface area (Å²) in [6, 6.07) is 7.15. The molecule has 0 aliphatic heterocycles. The lowest BCUT2D eigenvalue weighted by atomic mass is 10.3. The fourth-order valence-electron chi connectivity index (χ4n) is 1.20. The van der Waals surface area contributed by atoms with Crippen LogP contribution in [-0.4, -0.2) is 10.1 Å². The number of rotatable bonds is 4. The van der Waals surface area contributed by atoms with Gasteiger partial charge in [0.25, 0.3) is 5.89 Å². The number of hydrogen-bond acceptors (Lipinski definition) is 5. The average molecular weight is 219 g/mol. The number of hydrogen-bond donors (Lipinski definition) is 1. The van der Waals surface area contributed by atoms with Gasteiger partial charge in [0, 0.05) is 12.1 Å². The molecular formula is C11H13N3O2. The van der Waals surface area contributed by atoms with Gasteiger partial charge in [0.1, 0.15) is 5.75 Å². The first kappa shape index (κ1) is 10.5. The Kier molecular flexibility index (Phi) is 3.05. The Hall–Kier alpha value is -2.04. The summed E-state index contributed by atoms with van der Waals surface area (Å²) in [6.07, 6.45) is 0.755. The molecule has 16 heavy (non-hydrogen) atoms. The molecule has 0 spiro atoms. The van der Waals surface area contributed by atoms with Gasteiger partial charge in [-0.3, -0.25) is 0 Å². The molecular weight excluding hydrogens is 206 g/mol. The molecule has 2 aromatic rings. The molecule has 0 atom stereocenters. The highest BCUT2D eigenvalue weighted by atomic mass is 16.5. The van der Waals surface area contributed by atoms with Crippen LogP contribution in [0.1, 0.15) is 18.6 Å². The second-order valence-electron chi connectivity index (χ2n) is 3.32. The van der Waals surface area contributed by atoms with Crippen molar-refractivity contribution < 1.29 is 9.26 Å². The van der Waals surface area contributed by atoms with Crippen LogP contribution in [0, 0.1) is 0 Å². The Balaban J connectivity index is 1.94. The minimum absolute atomic E-state index is 0.275. The largest absolute Gasteiger partial charge is 0.484 e. The Labute approximate surface area is 93.2 Å². The van der Waals surface area contributed by atoms with E-state index in [0.717, 1.165) is 12.2 Å². The van der Waals surface area contributed by atoms with Crippen molar-refractivity contribution in [3.8, 4) is 5.75 Å². The normalized spacial score (nSPS) is 10.3. The summed E-state index contributed by atoms with van der Waals surface area (Å²) in [5.74, 6) is 1.90. The second-order valence-corrected chi connectivity index (χ2v) is 3.32. The van der Waals surface area contributed by atoms with Gasteiger partial charge in [-0.05, 0) is 24.3 Å². The minimum Gasteiger partial charge on any atom is -0.484 e. The van der Waals surface area contributed by atoms with Crippen molar-refractivity contribution in [3.05, 3.63) is 36.0 Å². The second kappa shape index (κ2) is 4.65. The number of ether oxygens (including phenoxy) is 1. The summed E-state index contributed by atoms with van der Waals surface area (Å²) in [5, 5.41) is 3.77. The molecule has 0 fully saturated rings. The topological polar surface area (TPSA) is 74.2 Å². The van der Waals surface area contributed by atoms with Crippen LogP contribution in [0.4, 0.5) is 5.69 Å². The summed E-state index contributed by atoms with van der Waals surface area (Å²) < 4.78 is 10.4. The van der Waals surface area contributed by atoms with Gasteiger partial charge in [0.2, 0.25) is 0 Å². The van der Waals surface area contributed by atoms with E-state index in [1.54, 1.807) is 24.3 Å². The fourth-order valence-corrected chi connectivity index (χ4v) is 1.20. The van der Waals surface area contributed by atoms with E-state index >= 15 is 0 Å². The fraction of sp³-hybridized carbons (Fsp3) is 0.273. The Bertz CT molecular complexity index is 451. The maximum atomic E-state index is 5.56. The predicted octanol–water partition coefficient (Wildman–Crippen LogP) is 1.79. The third-order valence-electron chi connectivity index (χ3n) is 2.07. The Morgan fingerprint density at radius 1 is 1.31 bits per heavy atom. The number of anilines is 1. The first-order valence-corrected chi connectivity index (χ1v) is 5.07. The van der Waals surface area contributed by atoms with Crippen molar-refractivity contribution in [2.24, 2.45) is 0 Å². The Morgan fingerprint density at radius 3 is 2.69 bits per heavy atom. The lowest BCUT2D eigenvalue weighted by molar-refractivity contribution is 0.242. The molecule has 84 valence electrons. The standard InChI is InChI=1S/C11H13N3O2/c1-2-10-13-11(16-14-10)7-15-9-5-3-8(12)4-6-9/h3-6H,2,7,12H2,1H3. The van der Waals surface area contributed by atoms with Crippen molar-refractivity contribution in [3.63, 3.8) is 0 Å². The molecule has 2 rings (SSSR count). The van der Waals surface area contributed by atoms with Crippen molar-refractivity contribution in [2.45, 2.75) is 20.0 Å². The molecule has 0 unspecified atom stereocenters. The average Bonchev–Trinajstić information content (AvgIpc) is 2.76. The summed E-state index contributed by atoms with van der Waals surface area (Å²) >= 11 is 0. The van der Waals surface area contributed by atoms with Crippen LogP contribution in [0.2, 0.25) is 0 Å². The zero-order valence-corrected chi connectivity index (χ0v) is 9.01. The molecule has 0 saturated carbocycles. The maximum Gasteiger partial charge on any atom is 0.264 e. The molecule has 0 amide bonds. The highest BCUT2D eigenvalue weighted by molar-refractivity contribution is 5.41. The monoisotopic (exact) mass is 219 g/mol. The predicted molar refractivity (Wildman–Crippen MR) is 58.9 cm³/mol. The van der Waals surface area contributed by atoms with Crippen molar-refractivity contribution in [1.82, 2.24) is 10.1 Å². The summed E-state index contributed by atoms with van der Waals surface area (Å²) in [4.78, 5) is 4.13. The quantitative estimate of drug-likeness (QED) is 0.793. The van der Waals surface area contributed by atoms with Gasteiger partial charge < -0.3 is 15.0 Å². The molecule has 5 heteroatoms. The van der Waals surface area contributed by atoms with E-state index in [4.69, 9.17) is 15.0 Å². The molecule has 1 aromatic carbocycles. The van der Waals surface area contributed by atoms with E-state index in [2.05, 4.69) is 10.1 Å². The van der Waals surface area contributed by atoms with Crippen LogP contribution in [0.25, 0.3) is 0 Å². The van der Waals surface area contributed by atoms with Crippen LogP contribution < -0.4 is 10.5 Å². The lowest BCUT2D eigenvalue weighted by Crippen LogP contribution is -1.96. The number of nitrogens with zero attached hydrogens (tertiary/aromatic N) is 2. The van der Waals surface area contributed by atoms with Gasteiger partial charge in [0.15, 0.2) is 12.4 Å². The van der Waals surface area contributed by atoms with Gasteiger partial charge in [-0.25, -0.2) is 0 Å². The zero-order valence-electron chi connectivity index (χ0n) is 9.01. The Morgan fingerprint density at radius 2 is 2.06 bits per heavy atom. The molecule has 5 nitrogen and oxygen atoms in total. The van der Waals surface area contributed by atoms with Crippen LogP contribution >= 0.6 is 0 Å². The van der Waals surface area contributed by atoms with Gasteiger partial charge in [-0.15, -0.1) is 0 Å². The lowest BCUT2D eigenvalue weighted by Gasteiger charge is -2.02. The van der Waals surface area contributed by atoms with Crippen molar-refractivity contribution in [1.29, 1.82) is 0 Å². The molecule has 0 aliphatic rings. The third kappa shape index (κ3) is 2.50. The van der Waals surface area contributed by atoms with E-state index in [9.17, 15) is 0 Å². The minimum atomic E-state index is 0.275. The number of aryl methyl sites for hydroxylation is 1. The SMILES string of the molecule is CCc1noc(COc2ccc(N)cc2)n1. The number of aromatic nitrogens is 2. The smallest absolute Gasteiger partial charge is 0.264 e. The number of benzene rings is 1. The van der Waals surface area contributed by atoms with E-state index in [0.29, 0.717) is 17.4 Å². The molecule has 1 heterocycles. The van der Waals surface area contributed by atoms with Crippen LogP contribution in [0.5, 0.6) is 5.75 Å².